The van der Waals surface area contributed by atoms with Crippen molar-refractivity contribution >= 4 is 17.8 Å². The van der Waals surface area contributed by atoms with Gasteiger partial charge in [-0.2, -0.15) is 0 Å². The number of nitrogens with two attached hydrogens (primary N) is 1. The van der Waals surface area contributed by atoms with E-state index in [2.05, 4.69) is 9.98 Å². The largest absolute Gasteiger partial charge is 0.398 e. The van der Waals surface area contributed by atoms with Crippen molar-refractivity contribution < 1.29 is 4.39 Å². The molecule has 24 heavy (non-hydrogen) atoms. The van der Waals surface area contributed by atoms with E-state index in [1.807, 2.05) is 30.3 Å². The molecule has 0 aromatic carbocycles. The van der Waals surface area contributed by atoms with Crippen molar-refractivity contribution in [2.75, 3.05) is 7.05 Å². The second kappa shape index (κ2) is 7.79. The van der Waals surface area contributed by atoms with Crippen LogP contribution in [0.2, 0.25) is 0 Å². The van der Waals surface area contributed by atoms with E-state index in [4.69, 9.17) is 17.3 Å². The van der Waals surface area contributed by atoms with E-state index in [0.29, 0.717) is 25.1 Å². The number of aryl methyl sites for hydroxylation is 1. The lowest BCUT2D eigenvalue weighted by Crippen LogP contribution is -2.29. The highest BCUT2D eigenvalue weighted by Gasteiger charge is 2.18. The first-order chi connectivity index (χ1) is 11.3. The first-order valence-electron chi connectivity index (χ1n) is 7.93. The molecular weight excluding hydrogens is 327 g/mol. The number of nitrogens with zero attached hydrogens (tertiary/aromatic N) is 3. The summed E-state index contributed by atoms with van der Waals surface area (Å²) >= 11 is 6.30. The number of aromatic nitrogens is 1. The molecule has 4 nitrogen and oxygen atoms in total. The minimum absolute atomic E-state index is 0.321. The molecule has 0 fully saturated rings. The van der Waals surface area contributed by atoms with Crippen LogP contribution in [-0.2, 0) is 13.0 Å². The maximum Gasteiger partial charge on any atom is 0.132 e. The third-order valence-electron chi connectivity index (χ3n) is 3.81. The third-order valence-corrected chi connectivity index (χ3v) is 4.36. The van der Waals surface area contributed by atoms with E-state index in [1.54, 1.807) is 32.3 Å². The maximum atomic E-state index is 13.5. The fourth-order valence-electron chi connectivity index (χ4n) is 2.24. The van der Waals surface area contributed by atoms with Crippen molar-refractivity contribution in [1.82, 2.24) is 9.88 Å². The van der Waals surface area contributed by atoms with Gasteiger partial charge in [0.25, 0.3) is 0 Å². The predicted molar refractivity (Wildman–Crippen MR) is 97.7 cm³/mol. The average Bonchev–Trinajstić information content (AvgIpc) is 2.53. The van der Waals surface area contributed by atoms with Gasteiger partial charge in [0.15, 0.2) is 0 Å². The van der Waals surface area contributed by atoms with Gasteiger partial charge in [-0.25, -0.2) is 4.39 Å². The molecule has 0 saturated heterocycles. The van der Waals surface area contributed by atoms with Crippen molar-refractivity contribution in [3.8, 4) is 0 Å². The van der Waals surface area contributed by atoms with Gasteiger partial charge in [-0.1, -0.05) is 17.7 Å². The fraction of sp³-hybridized carbons (Fsp3) is 0.444. The molecule has 0 amide bonds. The Morgan fingerprint density at radius 2 is 2.21 bits per heavy atom. The lowest BCUT2D eigenvalue weighted by molar-refractivity contribution is 0.202. The Bertz CT molecular complexity index is 644. The highest BCUT2D eigenvalue weighted by atomic mass is 35.5. The first-order valence-corrected chi connectivity index (χ1v) is 8.36. The zero-order chi connectivity index (χ0) is 17.7. The van der Waals surface area contributed by atoms with Crippen LogP contribution in [0.25, 0.3) is 0 Å². The number of rotatable bonds is 6. The standard InChI is InChI=1S/C18H24ClFN4/c1-18(2,20)8-6-13-4-5-14(23-10-13)11-22-12-15-16(21)7-9-24(3)17(15)19/h4-5,7,9-10,12,17H,6,8,11,21H2,1-3H3. The summed E-state index contributed by atoms with van der Waals surface area (Å²) < 4.78 is 13.5. The topological polar surface area (TPSA) is 54.5 Å². The summed E-state index contributed by atoms with van der Waals surface area (Å²) in [7, 11) is 1.88. The Balaban J connectivity index is 1.94. The van der Waals surface area contributed by atoms with Crippen LogP contribution in [0.5, 0.6) is 0 Å². The number of halogens is 2. The van der Waals surface area contributed by atoms with Crippen molar-refractivity contribution in [2.24, 2.45) is 10.7 Å². The molecule has 2 heterocycles. The monoisotopic (exact) mass is 350 g/mol. The first kappa shape index (κ1) is 18.5. The Labute approximate surface area is 147 Å². The van der Waals surface area contributed by atoms with Crippen LogP contribution in [0.3, 0.4) is 0 Å². The summed E-state index contributed by atoms with van der Waals surface area (Å²) in [5, 5.41) is 0. The molecule has 0 bridgehead atoms. The Kier molecular flexibility index (Phi) is 5.99. The zero-order valence-corrected chi connectivity index (χ0v) is 15.1. The smallest absolute Gasteiger partial charge is 0.132 e. The summed E-state index contributed by atoms with van der Waals surface area (Å²) in [5.41, 5.74) is 7.74. The maximum absolute atomic E-state index is 13.5. The quantitative estimate of drug-likeness (QED) is 0.485. The molecule has 1 aliphatic heterocycles. The molecule has 0 aliphatic carbocycles. The second-order valence-electron chi connectivity index (χ2n) is 6.57. The fourth-order valence-corrected chi connectivity index (χ4v) is 2.49. The molecule has 1 aromatic heterocycles. The predicted octanol–water partition coefficient (Wildman–Crippen LogP) is 3.57. The van der Waals surface area contributed by atoms with Crippen LogP contribution in [0.4, 0.5) is 4.39 Å². The molecule has 0 spiro atoms. The number of allylic oxidation sites excluding steroid dienone is 1. The Morgan fingerprint density at radius 1 is 1.46 bits per heavy atom. The van der Waals surface area contributed by atoms with Gasteiger partial charge in [0.1, 0.15) is 11.2 Å². The van der Waals surface area contributed by atoms with Gasteiger partial charge in [0.05, 0.1) is 12.2 Å². The summed E-state index contributed by atoms with van der Waals surface area (Å²) in [6, 6.07) is 3.89. The average molecular weight is 351 g/mol. The van der Waals surface area contributed by atoms with E-state index < -0.39 is 5.67 Å². The van der Waals surface area contributed by atoms with Crippen LogP contribution < -0.4 is 5.73 Å². The van der Waals surface area contributed by atoms with E-state index in [0.717, 1.165) is 16.8 Å². The number of aliphatic imine (C=N–C) groups is 1. The van der Waals surface area contributed by atoms with E-state index in [-0.39, 0.29) is 5.50 Å². The van der Waals surface area contributed by atoms with Gasteiger partial charge >= 0.3 is 0 Å². The lowest BCUT2D eigenvalue weighted by Gasteiger charge is -2.26. The summed E-state index contributed by atoms with van der Waals surface area (Å²) in [4.78, 5) is 10.6. The van der Waals surface area contributed by atoms with Gasteiger partial charge in [0.2, 0.25) is 0 Å². The number of pyridine rings is 1. The van der Waals surface area contributed by atoms with Crippen molar-refractivity contribution in [3.05, 3.63) is 53.1 Å². The molecule has 1 unspecified atom stereocenters. The highest BCUT2D eigenvalue weighted by molar-refractivity contribution is 6.24. The lowest BCUT2D eigenvalue weighted by atomic mass is 10.0. The van der Waals surface area contributed by atoms with E-state index in [1.165, 1.54) is 0 Å². The second-order valence-corrected chi connectivity index (χ2v) is 6.99. The SMILES string of the molecule is CN1C=CC(N)=C(C=NCc2ccc(CCC(C)(C)F)cn2)C1Cl. The van der Waals surface area contributed by atoms with Crippen LogP contribution in [0.15, 0.2) is 46.9 Å². The van der Waals surface area contributed by atoms with Crippen molar-refractivity contribution in [1.29, 1.82) is 0 Å². The Hall–Kier alpha value is -1.88. The number of hydrogen-bond donors (Lipinski definition) is 1. The summed E-state index contributed by atoms with van der Waals surface area (Å²) in [5.74, 6) is 0. The molecule has 2 N–H and O–H groups in total. The molecule has 0 saturated carbocycles. The molecule has 0 radical (unpaired) electrons. The summed E-state index contributed by atoms with van der Waals surface area (Å²) in [6.07, 6.45) is 8.29. The Morgan fingerprint density at radius 3 is 2.83 bits per heavy atom. The van der Waals surface area contributed by atoms with Gasteiger partial charge < -0.3 is 10.6 Å². The van der Waals surface area contributed by atoms with Crippen LogP contribution >= 0.6 is 11.6 Å². The van der Waals surface area contributed by atoms with Gasteiger partial charge in [-0.15, -0.1) is 0 Å². The number of hydrogen-bond acceptors (Lipinski definition) is 4. The molecule has 130 valence electrons. The number of likely N-dealkylation sites (N-methyl/N-ethyl adjacent to an activating group) is 1. The van der Waals surface area contributed by atoms with Crippen LogP contribution in [-0.4, -0.2) is 34.3 Å². The van der Waals surface area contributed by atoms with Crippen LogP contribution in [0.1, 0.15) is 31.5 Å². The van der Waals surface area contributed by atoms with Gasteiger partial charge in [0, 0.05) is 36.9 Å². The van der Waals surface area contributed by atoms with Gasteiger partial charge in [-0.05, 0) is 44.4 Å². The molecule has 1 aromatic rings. The van der Waals surface area contributed by atoms with Crippen molar-refractivity contribution in [2.45, 2.75) is 44.4 Å². The zero-order valence-electron chi connectivity index (χ0n) is 14.3. The molecule has 2 rings (SSSR count). The summed E-state index contributed by atoms with van der Waals surface area (Å²) in [6.45, 7) is 3.63. The normalized spacial score (nSPS) is 18.7. The van der Waals surface area contributed by atoms with Gasteiger partial charge in [-0.3, -0.25) is 9.98 Å². The van der Waals surface area contributed by atoms with Crippen LogP contribution in [0, 0.1) is 0 Å². The molecular formula is C18H24ClFN4. The highest BCUT2D eigenvalue weighted by Crippen LogP contribution is 2.20. The number of alkyl halides is 2. The van der Waals surface area contributed by atoms with Crippen molar-refractivity contribution in [3.63, 3.8) is 0 Å². The van der Waals surface area contributed by atoms with E-state index in [9.17, 15) is 4.39 Å². The molecule has 6 heteroatoms. The molecule has 1 aliphatic rings. The minimum Gasteiger partial charge on any atom is -0.398 e. The minimum atomic E-state index is -1.16. The molecule has 1 atom stereocenters. The third kappa shape index (κ3) is 5.34. The van der Waals surface area contributed by atoms with E-state index >= 15 is 0 Å².